The molecule has 1 heterocycles. The van der Waals surface area contributed by atoms with Gasteiger partial charge in [-0.1, -0.05) is 13.8 Å². The van der Waals surface area contributed by atoms with Crippen LogP contribution >= 0.6 is 0 Å². The average molecular weight is 254 g/mol. The lowest BCUT2D eigenvalue weighted by Crippen LogP contribution is -2.30. The molecule has 0 aliphatic heterocycles. The van der Waals surface area contributed by atoms with Gasteiger partial charge in [-0.2, -0.15) is 0 Å². The van der Waals surface area contributed by atoms with E-state index in [4.69, 9.17) is 9.47 Å². The lowest BCUT2D eigenvalue weighted by atomic mass is 10.1. The highest BCUT2D eigenvalue weighted by Gasteiger charge is 2.12. The minimum atomic E-state index is -0.360. The van der Waals surface area contributed by atoms with E-state index < -0.39 is 0 Å². The number of aliphatic hydroxyl groups excluding tert-OH is 1. The Labute approximate surface area is 108 Å². The highest BCUT2D eigenvalue weighted by Crippen LogP contribution is 2.28. The molecule has 0 saturated heterocycles. The van der Waals surface area contributed by atoms with E-state index >= 15 is 0 Å². The zero-order chi connectivity index (χ0) is 13.5. The van der Waals surface area contributed by atoms with E-state index in [2.05, 4.69) is 10.3 Å². The van der Waals surface area contributed by atoms with Crippen molar-refractivity contribution in [3.8, 4) is 11.5 Å². The van der Waals surface area contributed by atoms with Crippen molar-refractivity contribution in [2.75, 3.05) is 20.8 Å². The molecule has 5 nitrogen and oxygen atoms in total. The van der Waals surface area contributed by atoms with Crippen LogP contribution in [0.2, 0.25) is 0 Å². The van der Waals surface area contributed by atoms with Crippen molar-refractivity contribution in [3.05, 3.63) is 18.0 Å². The van der Waals surface area contributed by atoms with Crippen LogP contribution < -0.4 is 14.8 Å². The first-order valence-corrected chi connectivity index (χ1v) is 6.04. The highest BCUT2D eigenvalue weighted by atomic mass is 16.5. The maximum atomic E-state index is 9.69. The van der Waals surface area contributed by atoms with Crippen molar-refractivity contribution in [2.45, 2.75) is 26.5 Å². The van der Waals surface area contributed by atoms with Crippen LogP contribution in [-0.2, 0) is 6.54 Å². The molecule has 102 valence electrons. The Bertz CT molecular complexity index is 369. The first-order valence-electron chi connectivity index (χ1n) is 6.04. The molecule has 1 unspecified atom stereocenters. The van der Waals surface area contributed by atoms with Gasteiger partial charge in [-0.3, -0.25) is 4.98 Å². The number of methoxy groups -OCH3 is 2. The SMILES string of the molecule is COc1ccnc(CNCC(O)C(C)C)c1OC. The average Bonchev–Trinajstić information content (AvgIpc) is 2.37. The number of rotatable bonds is 7. The Hall–Kier alpha value is -1.33. The minimum Gasteiger partial charge on any atom is -0.493 e. The van der Waals surface area contributed by atoms with Crippen LogP contribution in [0, 0.1) is 5.92 Å². The number of hydrogen-bond acceptors (Lipinski definition) is 5. The van der Waals surface area contributed by atoms with Crippen LogP contribution in [0.4, 0.5) is 0 Å². The first kappa shape index (κ1) is 14.7. The number of nitrogens with one attached hydrogen (secondary N) is 1. The molecule has 0 aromatic carbocycles. The topological polar surface area (TPSA) is 63.6 Å². The van der Waals surface area contributed by atoms with Gasteiger partial charge >= 0.3 is 0 Å². The van der Waals surface area contributed by atoms with Crippen LogP contribution in [0.15, 0.2) is 12.3 Å². The van der Waals surface area contributed by atoms with Crippen LogP contribution in [0.1, 0.15) is 19.5 Å². The smallest absolute Gasteiger partial charge is 0.183 e. The van der Waals surface area contributed by atoms with Gasteiger partial charge in [-0.05, 0) is 5.92 Å². The maximum absolute atomic E-state index is 9.69. The van der Waals surface area contributed by atoms with Gasteiger partial charge in [0.2, 0.25) is 0 Å². The molecule has 0 fully saturated rings. The molecule has 0 saturated carbocycles. The summed E-state index contributed by atoms with van der Waals surface area (Å²) in [6.45, 7) is 5.03. The van der Waals surface area contributed by atoms with Crippen LogP contribution in [0.3, 0.4) is 0 Å². The number of pyridine rings is 1. The van der Waals surface area contributed by atoms with Crippen molar-refractivity contribution >= 4 is 0 Å². The summed E-state index contributed by atoms with van der Waals surface area (Å²) < 4.78 is 10.5. The number of aromatic nitrogens is 1. The van der Waals surface area contributed by atoms with Gasteiger partial charge in [-0.15, -0.1) is 0 Å². The Morgan fingerprint density at radius 1 is 1.33 bits per heavy atom. The van der Waals surface area contributed by atoms with Crippen LogP contribution in [0.25, 0.3) is 0 Å². The zero-order valence-electron chi connectivity index (χ0n) is 11.4. The predicted octanol–water partition coefficient (Wildman–Crippen LogP) is 1.21. The van der Waals surface area contributed by atoms with Gasteiger partial charge in [0, 0.05) is 25.4 Å². The summed E-state index contributed by atoms with van der Waals surface area (Å²) in [4.78, 5) is 4.25. The fourth-order valence-electron chi connectivity index (χ4n) is 1.55. The van der Waals surface area contributed by atoms with Gasteiger partial charge in [0.05, 0.1) is 26.0 Å². The van der Waals surface area contributed by atoms with Gasteiger partial charge < -0.3 is 19.9 Å². The summed E-state index contributed by atoms with van der Waals surface area (Å²) in [5, 5.41) is 12.9. The second-order valence-electron chi connectivity index (χ2n) is 4.44. The zero-order valence-corrected chi connectivity index (χ0v) is 11.4. The molecule has 1 aromatic rings. The molecule has 0 aliphatic rings. The summed E-state index contributed by atoms with van der Waals surface area (Å²) >= 11 is 0. The molecule has 0 aliphatic carbocycles. The Morgan fingerprint density at radius 3 is 2.61 bits per heavy atom. The third-order valence-corrected chi connectivity index (χ3v) is 2.78. The van der Waals surface area contributed by atoms with Crippen molar-refractivity contribution in [1.82, 2.24) is 10.3 Å². The Balaban J connectivity index is 2.62. The molecule has 2 N–H and O–H groups in total. The second kappa shape index (κ2) is 7.18. The minimum absolute atomic E-state index is 0.234. The second-order valence-corrected chi connectivity index (χ2v) is 4.44. The molecule has 1 rings (SSSR count). The lowest BCUT2D eigenvalue weighted by Gasteiger charge is -2.16. The summed E-state index contributed by atoms with van der Waals surface area (Å²) in [7, 11) is 3.18. The fourth-order valence-corrected chi connectivity index (χ4v) is 1.55. The summed E-state index contributed by atoms with van der Waals surface area (Å²) in [6, 6.07) is 1.76. The Kier molecular flexibility index (Phi) is 5.88. The van der Waals surface area contributed by atoms with Gasteiger partial charge in [0.1, 0.15) is 0 Å². The molecular weight excluding hydrogens is 232 g/mol. The van der Waals surface area contributed by atoms with E-state index in [-0.39, 0.29) is 12.0 Å². The van der Waals surface area contributed by atoms with E-state index in [1.165, 1.54) is 0 Å². The monoisotopic (exact) mass is 254 g/mol. The number of nitrogens with zero attached hydrogens (tertiary/aromatic N) is 1. The quantitative estimate of drug-likeness (QED) is 0.765. The maximum Gasteiger partial charge on any atom is 0.183 e. The molecule has 1 aromatic heterocycles. The number of hydrogen-bond donors (Lipinski definition) is 2. The van der Waals surface area contributed by atoms with E-state index in [1.54, 1.807) is 26.5 Å². The lowest BCUT2D eigenvalue weighted by molar-refractivity contribution is 0.123. The predicted molar refractivity (Wildman–Crippen MR) is 69.9 cm³/mol. The molecular formula is C13H22N2O3. The molecule has 0 spiro atoms. The molecule has 0 radical (unpaired) electrons. The van der Waals surface area contributed by atoms with Crippen molar-refractivity contribution in [3.63, 3.8) is 0 Å². The number of ether oxygens (including phenoxy) is 2. The van der Waals surface area contributed by atoms with Crippen molar-refractivity contribution in [2.24, 2.45) is 5.92 Å². The fraction of sp³-hybridized carbons (Fsp3) is 0.615. The van der Waals surface area contributed by atoms with E-state index in [0.29, 0.717) is 24.6 Å². The molecule has 0 bridgehead atoms. The van der Waals surface area contributed by atoms with E-state index in [9.17, 15) is 5.11 Å². The highest BCUT2D eigenvalue weighted by molar-refractivity contribution is 5.42. The normalized spacial score (nSPS) is 12.6. The van der Waals surface area contributed by atoms with Gasteiger partial charge in [0.15, 0.2) is 11.5 Å². The standard InChI is InChI=1S/C13H22N2O3/c1-9(2)11(16)8-14-7-10-13(18-4)12(17-3)5-6-15-10/h5-6,9,11,14,16H,7-8H2,1-4H3. The van der Waals surface area contributed by atoms with Crippen molar-refractivity contribution in [1.29, 1.82) is 0 Å². The van der Waals surface area contributed by atoms with E-state index in [0.717, 1.165) is 5.69 Å². The molecule has 18 heavy (non-hydrogen) atoms. The van der Waals surface area contributed by atoms with Crippen molar-refractivity contribution < 1.29 is 14.6 Å². The molecule has 1 atom stereocenters. The summed E-state index contributed by atoms with van der Waals surface area (Å²) in [6.07, 6.45) is 1.32. The largest absolute Gasteiger partial charge is 0.493 e. The van der Waals surface area contributed by atoms with Gasteiger partial charge in [0.25, 0.3) is 0 Å². The van der Waals surface area contributed by atoms with Crippen LogP contribution in [0.5, 0.6) is 11.5 Å². The molecule has 0 amide bonds. The third-order valence-electron chi connectivity index (χ3n) is 2.78. The Morgan fingerprint density at radius 2 is 2.06 bits per heavy atom. The third kappa shape index (κ3) is 3.85. The summed E-state index contributed by atoms with van der Waals surface area (Å²) in [5.74, 6) is 1.53. The number of aliphatic hydroxyl groups is 1. The van der Waals surface area contributed by atoms with E-state index in [1.807, 2.05) is 13.8 Å². The van der Waals surface area contributed by atoms with Gasteiger partial charge in [-0.25, -0.2) is 0 Å². The van der Waals surface area contributed by atoms with Crippen LogP contribution in [-0.4, -0.2) is 37.0 Å². The summed E-state index contributed by atoms with van der Waals surface area (Å²) in [5.41, 5.74) is 0.771. The first-order chi connectivity index (χ1) is 8.60. The molecule has 5 heteroatoms.